The van der Waals surface area contributed by atoms with Crippen LogP contribution in [0.5, 0.6) is 0 Å². The Labute approximate surface area is 444 Å². The average Bonchev–Trinajstić information content (AvgIpc) is 3.26. The second-order valence-electron chi connectivity index (χ2n) is 13.4. The van der Waals surface area contributed by atoms with Crippen molar-refractivity contribution in [2.24, 2.45) is 0 Å². The number of hydrogen-bond donors (Lipinski definition) is 8. The van der Waals surface area contributed by atoms with Gasteiger partial charge in [-0.05, 0) is 59.7 Å². The van der Waals surface area contributed by atoms with Gasteiger partial charge in [0.05, 0.1) is 36.2 Å². The van der Waals surface area contributed by atoms with Crippen molar-refractivity contribution >= 4 is 90.8 Å². The van der Waals surface area contributed by atoms with Crippen molar-refractivity contribution in [1.29, 1.82) is 0 Å². The predicted octanol–water partition coefficient (Wildman–Crippen LogP) is -3.40. The third-order valence-corrected chi connectivity index (χ3v) is 10.7. The van der Waals surface area contributed by atoms with Gasteiger partial charge in [0.1, 0.15) is 20.2 Å². The van der Waals surface area contributed by atoms with E-state index in [1.165, 1.54) is 34.1 Å². The first-order valence-electron chi connectivity index (χ1n) is 19.3. The van der Waals surface area contributed by atoms with Crippen LogP contribution >= 0.6 is 0 Å². The molecule has 336 valence electrons. The predicted molar refractivity (Wildman–Crippen MR) is 236 cm³/mol. The third kappa shape index (κ3) is 15.7. The molecular formula is C40H42KN12NaO10S2. The van der Waals surface area contributed by atoms with Gasteiger partial charge in [-0.3, -0.25) is 0 Å². The molecule has 0 spiro atoms. The molecule has 26 heteroatoms. The minimum Gasteiger partial charge on any atom is -0.744 e. The molecule has 66 heavy (non-hydrogen) atoms. The van der Waals surface area contributed by atoms with Crippen LogP contribution in [0.25, 0.3) is 12.2 Å². The van der Waals surface area contributed by atoms with Gasteiger partial charge < -0.3 is 60.6 Å². The minimum absolute atomic E-state index is 0. The van der Waals surface area contributed by atoms with Gasteiger partial charge in [-0.15, -0.1) is 0 Å². The Morgan fingerprint density at radius 1 is 0.470 bits per heavy atom. The van der Waals surface area contributed by atoms with E-state index in [-0.39, 0.29) is 192 Å². The maximum Gasteiger partial charge on any atom is 1.00 e. The summed E-state index contributed by atoms with van der Waals surface area (Å²) in [5, 5.41) is 50.3. The molecule has 0 aliphatic heterocycles. The van der Waals surface area contributed by atoms with E-state index in [1.807, 2.05) is 12.1 Å². The zero-order valence-corrected chi connectivity index (χ0v) is 42.4. The van der Waals surface area contributed by atoms with E-state index in [4.69, 9.17) is 0 Å². The van der Waals surface area contributed by atoms with Crippen LogP contribution < -0.4 is 112 Å². The molecule has 0 amide bonds. The van der Waals surface area contributed by atoms with Crippen molar-refractivity contribution in [3.63, 3.8) is 0 Å². The SMILES string of the molecule is O=S(=O)([O-])c1cc(Nc2nc(Nc3ccccc3)nc(N(CCO)CCO)n2)ccc1C=Cc1ccc(Nc2nc(Nc3ccccc3)nc(N(CCO)CCO)n2)cc1S(=O)(=O)[O-].[K+].[Na+]. The number of hydrogen-bond acceptors (Lipinski definition) is 22. The Balaban J connectivity index is 0.00000476. The van der Waals surface area contributed by atoms with E-state index < -0.39 is 30.0 Å². The van der Waals surface area contributed by atoms with Gasteiger partial charge in [-0.1, -0.05) is 60.7 Å². The standard InChI is InChI=1S/C40H44N12O10S2.K.Na/c53-21-17-51(18-22-54)39-47-35(41-29-7-3-1-4-8-29)45-37(49-39)43-31-15-13-27(33(25-31)63(57,58)59)11-12-28-14-16-32(26-34(28)64(60,61)62)44-38-46-36(42-30-9-5-2-6-10-30)48-40(50-38)52(19-23-55)20-24-56;;/h1-16,25-26,53-56H,17-24H2,(H,57,58,59)(H,60,61,62)(H2,41,43,45,47,49)(H2,42,44,46,48,50);;/q;2*+1/p-2. The van der Waals surface area contributed by atoms with Crippen molar-refractivity contribution in [2.45, 2.75) is 9.79 Å². The molecule has 0 unspecified atom stereocenters. The summed E-state index contributed by atoms with van der Waals surface area (Å²) < 4.78 is 75.6. The van der Waals surface area contributed by atoms with Gasteiger partial charge in [-0.2, -0.15) is 29.9 Å². The van der Waals surface area contributed by atoms with Crippen LogP contribution in [-0.4, -0.2) is 129 Å². The van der Waals surface area contributed by atoms with Crippen LogP contribution in [0.4, 0.5) is 58.4 Å². The summed E-state index contributed by atoms with van der Waals surface area (Å²) in [6.45, 7) is -0.886. The topological polar surface area (TPSA) is 327 Å². The maximum absolute atomic E-state index is 12.6. The molecule has 2 heterocycles. The van der Waals surface area contributed by atoms with E-state index in [0.29, 0.717) is 11.4 Å². The second-order valence-corrected chi connectivity index (χ2v) is 16.1. The summed E-state index contributed by atoms with van der Waals surface area (Å²) in [6.07, 6.45) is 2.32. The van der Waals surface area contributed by atoms with Gasteiger partial charge in [0, 0.05) is 48.9 Å². The molecule has 8 N–H and O–H groups in total. The smallest absolute Gasteiger partial charge is 0.744 e. The summed E-state index contributed by atoms with van der Waals surface area (Å²) in [7, 11) is -10.3. The molecular weight excluding hydrogens is 935 g/mol. The Morgan fingerprint density at radius 2 is 0.773 bits per heavy atom. The second kappa shape index (κ2) is 25.8. The fraction of sp³-hybridized carbons (Fsp3) is 0.200. The molecule has 6 rings (SSSR count). The number of benzene rings is 4. The summed E-state index contributed by atoms with van der Waals surface area (Å²) in [4.78, 5) is 27.9. The van der Waals surface area contributed by atoms with Crippen LogP contribution in [0.1, 0.15) is 11.1 Å². The quantitative estimate of drug-likeness (QED) is 0.0187. The van der Waals surface area contributed by atoms with E-state index in [2.05, 4.69) is 51.2 Å². The van der Waals surface area contributed by atoms with Crippen LogP contribution in [0, 0.1) is 0 Å². The molecule has 0 atom stereocenters. The van der Waals surface area contributed by atoms with Crippen LogP contribution in [0.15, 0.2) is 107 Å². The number of aliphatic hydroxyl groups excluding tert-OH is 4. The molecule has 22 nitrogen and oxygen atoms in total. The van der Waals surface area contributed by atoms with E-state index >= 15 is 0 Å². The number of para-hydroxylation sites is 2. The summed E-state index contributed by atoms with van der Waals surface area (Å²) in [5.41, 5.74) is 1.07. The van der Waals surface area contributed by atoms with Crippen molar-refractivity contribution < 1.29 is 127 Å². The van der Waals surface area contributed by atoms with E-state index in [0.717, 1.165) is 24.3 Å². The monoisotopic (exact) mass is 976 g/mol. The first-order valence-corrected chi connectivity index (χ1v) is 22.1. The number of aromatic nitrogens is 6. The molecule has 0 fully saturated rings. The van der Waals surface area contributed by atoms with Crippen LogP contribution in [-0.2, 0) is 20.2 Å². The molecule has 0 radical (unpaired) electrons. The largest absolute Gasteiger partial charge is 1.00 e. The molecule has 4 aromatic carbocycles. The summed E-state index contributed by atoms with van der Waals surface area (Å²) in [6, 6.07) is 25.2. The van der Waals surface area contributed by atoms with Gasteiger partial charge in [0.15, 0.2) is 0 Å². The zero-order valence-electron chi connectivity index (χ0n) is 35.7. The van der Waals surface area contributed by atoms with E-state index in [9.17, 15) is 46.4 Å². The van der Waals surface area contributed by atoms with Gasteiger partial charge in [-0.25, -0.2) is 16.8 Å². The number of nitrogens with one attached hydrogen (secondary N) is 4. The van der Waals surface area contributed by atoms with Crippen molar-refractivity contribution in [2.75, 3.05) is 83.7 Å². The first-order chi connectivity index (χ1) is 30.8. The van der Waals surface area contributed by atoms with E-state index in [1.54, 1.807) is 48.5 Å². The summed E-state index contributed by atoms with van der Waals surface area (Å²) in [5.74, 6) is 0.0621. The molecule has 2 aromatic heterocycles. The fourth-order valence-corrected chi connectivity index (χ4v) is 7.41. The van der Waals surface area contributed by atoms with Crippen molar-refractivity contribution in [3.05, 3.63) is 108 Å². The number of nitrogens with zero attached hydrogens (tertiary/aromatic N) is 8. The molecule has 0 saturated heterocycles. The summed E-state index contributed by atoms with van der Waals surface area (Å²) >= 11 is 0. The maximum atomic E-state index is 12.6. The Hall–Kier alpha value is -4.26. The third-order valence-electron chi connectivity index (χ3n) is 8.87. The normalized spacial score (nSPS) is 11.3. The van der Waals surface area contributed by atoms with Crippen LogP contribution in [0.3, 0.4) is 0 Å². The minimum atomic E-state index is -5.17. The molecule has 6 aromatic rings. The van der Waals surface area contributed by atoms with Gasteiger partial charge in [0.2, 0.25) is 35.7 Å². The molecule has 0 aliphatic carbocycles. The Bertz CT molecular complexity index is 2590. The van der Waals surface area contributed by atoms with Gasteiger partial charge >= 0.3 is 80.9 Å². The first kappa shape index (κ1) is 54.3. The van der Waals surface area contributed by atoms with Crippen molar-refractivity contribution in [1.82, 2.24) is 29.9 Å². The zero-order chi connectivity index (χ0) is 45.7. The van der Waals surface area contributed by atoms with Crippen LogP contribution in [0.2, 0.25) is 0 Å². The number of rotatable bonds is 22. The molecule has 0 saturated carbocycles. The van der Waals surface area contributed by atoms with Crippen molar-refractivity contribution in [3.8, 4) is 0 Å². The number of anilines is 10. The average molecular weight is 977 g/mol. The molecule has 0 bridgehead atoms. The van der Waals surface area contributed by atoms with Gasteiger partial charge in [0.25, 0.3) is 0 Å². The molecule has 0 aliphatic rings. The fourth-order valence-electron chi connectivity index (χ4n) is 6.01. The number of aliphatic hydroxyl groups is 4. The Morgan fingerprint density at radius 3 is 1.06 bits per heavy atom. The Kier molecular flexibility index (Phi) is 21.2.